The Kier molecular flexibility index (Phi) is 2.88. The van der Waals surface area contributed by atoms with Crippen molar-refractivity contribution < 1.29 is 4.79 Å². The zero-order valence-corrected chi connectivity index (χ0v) is 10.7. The average Bonchev–Trinajstić information content (AvgIpc) is 2.97. The lowest BCUT2D eigenvalue weighted by atomic mass is 10.1. The van der Waals surface area contributed by atoms with Crippen LogP contribution in [-0.2, 0) is 4.79 Å². The van der Waals surface area contributed by atoms with E-state index >= 15 is 0 Å². The van der Waals surface area contributed by atoms with Gasteiger partial charge in [0, 0.05) is 17.8 Å². The Morgan fingerprint density at radius 3 is 3.00 bits per heavy atom. The van der Waals surface area contributed by atoms with Crippen molar-refractivity contribution in [2.45, 2.75) is 24.9 Å². The van der Waals surface area contributed by atoms with Crippen LogP contribution in [0.1, 0.15) is 23.8 Å². The van der Waals surface area contributed by atoms with Gasteiger partial charge in [-0.2, -0.15) is 10.2 Å². The minimum Gasteiger partial charge on any atom is -0.335 e. The molecule has 1 saturated heterocycles. The van der Waals surface area contributed by atoms with Crippen molar-refractivity contribution in [3.05, 3.63) is 21.3 Å². The van der Waals surface area contributed by atoms with E-state index in [0.717, 1.165) is 22.2 Å². The number of hydrogen-bond acceptors (Lipinski definition) is 4. The van der Waals surface area contributed by atoms with Gasteiger partial charge in [-0.1, -0.05) is 11.6 Å². The number of nitrogens with zero attached hydrogens (tertiary/aromatic N) is 3. The Morgan fingerprint density at radius 2 is 2.35 bits per heavy atom. The molecule has 0 spiro atoms. The number of rotatable bonds is 2. The molecule has 6 heteroatoms. The summed E-state index contributed by atoms with van der Waals surface area (Å²) >= 11 is 7.46. The number of amides is 1. The summed E-state index contributed by atoms with van der Waals surface area (Å²) in [6.45, 7) is 1.45. The van der Waals surface area contributed by atoms with E-state index in [1.807, 2.05) is 17.0 Å². The van der Waals surface area contributed by atoms with E-state index in [4.69, 9.17) is 11.6 Å². The number of hydrogen-bond donors (Lipinski definition) is 0. The zero-order chi connectivity index (χ0) is 11.8. The van der Waals surface area contributed by atoms with Gasteiger partial charge in [-0.25, -0.2) is 0 Å². The summed E-state index contributed by atoms with van der Waals surface area (Å²) < 4.78 is 0.758. The van der Waals surface area contributed by atoms with Gasteiger partial charge in [0.05, 0.1) is 16.9 Å². The van der Waals surface area contributed by atoms with Crippen LogP contribution in [0.2, 0.25) is 4.34 Å². The first kappa shape index (κ1) is 11.2. The van der Waals surface area contributed by atoms with Crippen molar-refractivity contribution in [2.75, 3.05) is 13.1 Å². The van der Waals surface area contributed by atoms with Gasteiger partial charge in [-0.15, -0.1) is 11.3 Å². The lowest BCUT2D eigenvalue weighted by Gasteiger charge is -2.26. The highest BCUT2D eigenvalue weighted by Gasteiger charge is 2.37. The molecule has 0 aliphatic carbocycles. The maximum Gasteiger partial charge on any atom is 0.223 e. The second-order valence-electron chi connectivity index (χ2n) is 4.28. The third-order valence-electron chi connectivity index (χ3n) is 3.24. The molecule has 17 heavy (non-hydrogen) atoms. The Hall–Kier alpha value is -0.940. The van der Waals surface area contributed by atoms with E-state index in [2.05, 4.69) is 10.2 Å². The summed E-state index contributed by atoms with van der Waals surface area (Å²) in [7, 11) is 0. The maximum absolute atomic E-state index is 11.8. The van der Waals surface area contributed by atoms with E-state index in [9.17, 15) is 4.79 Å². The SMILES string of the molecule is O=C1CCCN1C1CN=NC1c1ccc(Cl)s1. The fourth-order valence-electron chi connectivity index (χ4n) is 2.42. The van der Waals surface area contributed by atoms with E-state index in [1.165, 1.54) is 11.3 Å². The lowest BCUT2D eigenvalue weighted by molar-refractivity contribution is -0.129. The van der Waals surface area contributed by atoms with Gasteiger partial charge in [-0.3, -0.25) is 4.79 Å². The molecule has 90 valence electrons. The second-order valence-corrected chi connectivity index (χ2v) is 6.03. The van der Waals surface area contributed by atoms with E-state index in [0.29, 0.717) is 13.0 Å². The summed E-state index contributed by atoms with van der Waals surface area (Å²) in [4.78, 5) is 14.8. The highest BCUT2D eigenvalue weighted by Crippen LogP contribution is 2.37. The third-order valence-corrected chi connectivity index (χ3v) is 4.54. The minimum atomic E-state index is -0.0189. The molecule has 1 fully saturated rings. The van der Waals surface area contributed by atoms with E-state index < -0.39 is 0 Å². The number of azo groups is 1. The molecular weight excluding hydrogens is 258 g/mol. The Balaban J connectivity index is 1.84. The van der Waals surface area contributed by atoms with Crippen LogP contribution in [0.25, 0.3) is 0 Å². The lowest BCUT2D eigenvalue weighted by Crippen LogP contribution is -2.39. The molecule has 0 bridgehead atoms. The van der Waals surface area contributed by atoms with Gasteiger partial charge < -0.3 is 4.90 Å². The van der Waals surface area contributed by atoms with Crippen LogP contribution < -0.4 is 0 Å². The molecule has 2 aliphatic heterocycles. The Morgan fingerprint density at radius 1 is 1.47 bits per heavy atom. The van der Waals surface area contributed by atoms with Crippen LogP contribution in [-0.4, -0.2) is 29.9 Å². The molecule has 4 nitrogen and oxygen atoms in total. The molecule has 2 unspecified atom stereocenters. The smallest absolute Gasteiger partial charge is 0.223 e. The highest BCUT2D eigenvalue weighted by atomic mass is 35.5. The summed E-state index contributed by atoms with van der Waals surface area (Å²) in [5.41, 5.74) is 0. The fraction of sp³-hybridized carbons (Fsp3) is 0.545. The molecule has 1 aromatic rings. The molecule has 1 amide bonds. The molecule has 2 aliphatic rings. The van der Waals surface area contributed by atoms with Gasteiger partial charge in [0.25, 0.3) is 0 Å². The molecule has 3 rings (SSSR count). The predicted octanol–water partition coefficient (Wildman–Crippen LogP) is 2.90. The van der Waals surface area contributed by atoms with Crippen molar-refractivity contribution in [2.24, 2.45) is 10.2 Å². The van der Waals surface area contributed by atoms with Crippen molar-refractivity contribution >= 4 is 28.8 Å². The summed E-state index contributed by atoms with van der Waals surface area (Å²) in [5, 5.41) is 8.37. The largest absolute Gasteiger partial charge is 0.335 e. The topological polar surface area (TPSA) is 45.0 Å². The number of thiophene rings is 1. The van der Waals surface area contributed by atoms with Crippen LogP contribution >= 0.6 is 22.9 Å². The van der Waals surface area contributed by atoms with Gasteiger partial charge in [0.15, 0.2) is 0 Å². The molecule has 0 N–H and O–H groups in total. The standard InChI is InChI=1S/C11H12ClN3OS/c12-9-4-3-8(17-9)11-7(6-13-14-11)15-5-1-2-10(15)16/h3-4,7,11H,1-2,5-6H2. The average molecular weight is 270 g/mol. The highest BCUT2D eigenvalue weighted by molar-refractivity contribution is 7.16. The van der Waals surface area contributed by atoms with Crippen molar-refractivity contribution in [1.29, 1.82) is 0 Å². The monoisotopic (exact) mass is 269 g/mol. The molecule has 0 saturated carbocycles. The van der Waals surface area contributed by atoms with Crippen molar-refractivity contribution in [1.82, 2.24) is 4.90 Å². The summed E-state index contributed by atoms with van der Waals surface area (Å²) in [6.07, 6.45) is 1.61. The molecule has 1 aromatic heterocycles. The summed E-state index contributed by atoms with van der Waals surface area (Å²) in [6, 6.07) is 3.93. The molecular formula is C11H12ClN3OS. The zero-order valence-electron chi connectivity index (χ0n) is 9.17. The normalized spacial score (nSPS) is 28.3. The second kappa shape index (κ2) is 4.38. The van der Waals surface area contributed by atoms with Crippen LogP contribution in [0.5, 0.6) is 0 Å². The van der Waals surface area contributed by atoms with E-state index in [1.54, 1.807) is 0 Å². The number of carbonyl (C=O) groups is 1. The van der Waals surface area contributed by atoms with Crippen LogP contribution in [0.3, 0.4) is 0 Å². The Labute approximate surface area is 108 Å². The van der Waals surface area contributed by atoms with Crippen molar-refractivity contribution in [3.8, 4) is 0 Å². The predicted molar refractivity (Wildman–Crippen MR) is 66.5 cm³/mol. The van der Waals surface area contributed by atoms with Crippen molar-refractivity contribution in [3.63, 3.8) is 0 Å². The van der Waals surface area contributed by atoms with Gasteiger partial charge in [-0.05, 0) is 18.6 Å². The summed E-state index contributed by atoms with van der Waals surface area (Å²) in [5.74, 6) is 0.231. The van der Waals surface area contributed by atoms with Gasteiger partial charge in [0.1, 0.15) is 6.04 Å². The van der Waals surface area contributed by atoms with Crippen LogP contribution in [0.4, 0.5) is 0 Å². The molecule has 2 atom stereocenters. The minimum absolute atomic E-state index is 0.0189. The van der Waals surface area contributed by atoms with Crippen LogP contribution in [0, 0.1) is 0 Å². The molecule has 0 radical (unpaired) electrons. The number of halogens is 1. The first-order valence-electron chi connectivity index (χ1n) is 5.67. The third kappa shape index (κ3) is 1.98. The molecule has 3 heterocycles. The number of carbonyl (C=O) groups excluding carboxylic acids is 1. The Bertz CT molecular complexity index is 473. The fourth-order valence-corrected chi connectivity index (χ4v) is 3.57. The molecule has 0 aromatic carbocycles. The first-order chi connectivity index (χ1) is 8.25. The van der Waals surface area contributed by atoms with E-state index in [-0.39, 0.29) is 18.0 Å². The van der Waals surface area contributed by atoms with Crippen LogP contribution in [0.15, 0.2) is 22.4 Å². The first-order valence-corrected chi connectivity index (χ1v) is 6.86. The van der Waals surface area contributed by atoms with Gasteiger partial charge in [0.2, 0.25) is 5.91 Å². The number of likely N-dealkylation sites (tertiary alicyclic amines) is 1. The quantitative estimate of drug-likeness (QED) is 0.814. The maximum atomic E-state index is 11.8. The van der Waals surface area contributed by atoms with Gasteiger partial charge >= 0.3 is 0 Å².